The molecular weight excluding hydrogens is 204 g/mol. The van der Waals surface area contributed by atoms with Crippen LogP contribution in [0.5, 0.6) is 0 Å². The lowest BCUT2D eigenvalue weighted by Gasteiger charge is -2.04. The average Bonchev–Trinajstić information content (AvgIpc) is 2.62. The number of thiophene rings is 1. The molecule has 78 valence electrons. The zero-order valence-corrected chi connectivity index (χ0v) is 9.77. The van der Waals surface area contributed by atoms with E-state index >= 15 is 0 Å². The van der Waals surface area contributed by atoms with Crippen LogP contribution in [0.3, 0.4) is 0 Å². The fourth-order valence-corrected chi connectivity index (χ4v) is 2.25. The van der Waals surface area contributed by atoms with Crippen molar-refractivity contribution in [3.63, 3.8) is 0 Å². The highest BCUT2D eigenvalue weighted by Crippen LogP contribution is 2.16. The lowest BCUT2D eigenvalue weighted by Crippen LogP contribution is -1.97. The predicted octanol–water partition coefficient (Wildman–Crippen LogP) is 3.37. The molecule has 0 unspecified atom stereocenters. The maximum absolute atomic E-state index is 4.14. The molecular formula is C12H14N2S. The molecule has 0 aromatic carbocycles. The molecule has 15 heavy (non-hydrogen) atoms. The molecule has 0 amide bonds. The molecule has 0 aliphatic carbocycles. The zero-order valence-electron chi connectivity index (χ0n) is 8.95. The van der Waals surface area contributed by atoms with Crippen LogP contribution in [0.4, 0.5) is 5.69 Å². The normalized spacial score (nSPS) is 10.3. The van der Waals surface area contributed by atoms with Gasteiger partial charge in [0.2, 0.25) is 0 Å². The molecule has 2 aromatic heterocycles. The standard InChI is InChI=1S/C12H14N2S/c1-9-5-11(7-13-6-9)14-8-12-4-3-10(2)15-12/h3-7,14H,8H2,1-2H3. The Labute approximate surface area is 94.0 Å². The Balaban J connectivity index is 1.99. The second kappa shape index (κ2) is 4.45. The second-order valence-electron chi connectivity index (χ2n) is 3.62. The topological polar surface area (TPSA) is 24.9 Å². The Bertz CT molecular complexity index is 448. The maximum Gasteiger partial charge on any atom is 0.0532 e. The van der Waals surface area contributed by atoms with Crippen LogP contribution in [0, 0.1) is 13.8 Å². The third-order valence-corrected chi connectivity index (χ3v) is 3.14. The minimum absolute atomic E-state index is 0.879. The van der Waals surface area contributed by atoms with Crippen LogP contribution < -0.4 is 5.32 Å². The van der Waals surface area contributed by atoms with E-state index in [0.29, 0.717) is 0 Å². The van der Waals surface area contributed by atoms with Gasteiger partial charge in [-0.15, -0.1) is 11.3 Å². The minimum atomic E-state index is 0.879. The van der Waals surface area contributed by atoms with Gasteiger partial charge in [0.15, 0.2) is 0 Å². The number of aromatic nitrogens is 1. The van der Waals surface area contributed by atoms with E-state index in [9.17, 15) is 0 Å². The van der Waals surface area contributed by atoms with Gasteiger partial charge in [-0.25, -0.2) is 0 Å². The van der Waals surface area contributed by atoms with Gasteiger partial charge in [-0.1, -0.05) is 0 Å². The Hall–Kier alpha value is -1.35. The first-order valence-corrected chi connectivity index (χ1v) is 5.76. The highest BCUT2D eigenvalue weighted by Gasteiger charge is 1.97. The van der Waals surface area contributed by atoms with Crippen molar-refractivity contribution in [3.05, 3.63) is 45.9 Å². The molecule has 0 fully saturated rings. The zero-order chi connectivity index (χ0) is 10.7. The molecule has 2 nitrogen and oxygen atoms in total. The fraction of sp³-hybridized carbons (Fsp3) is 0.250. The summed E-state index contributed by atoms with van der Waals surface area (Å²) in [5.41, 5.74) is 2.27. The molecule has 0 aliphatic heterocycles. The number of aryl methyl sites for hydroxylation is 2. The van der Waals surface area contributed by atoms with Crippen molar-refractivity contribution in [2.75, 3.05) is 5.32 Å². The number of hydrogen-bond acceptors (Lipinski definition) is 3. The van der Waals surface area contributed by atoms with E-state index in [4.69, 9.17) is 0 Å². The summed E-state index contributed by atoms with van der Waals surface area (Å²) >= 11 is 1.83. The van der Waals surface area contributed by atoms with E-state index in [0.717, 1.165) is 12.2 Å². The van der Waals surface area contributed by atoms with Gasteiger partial charge in [0.05, 0.1) is 5.69 Å². The number of anilines is 1. The summed E-state index contributed by atoms with van der Waals surface area (Å²) in [7, 11) is 0. The number of pyridine rings is 1. The fourth-order valence-electron chi connectivity index (χ4n) is 1.42. The van der Waals surface area contributed by atoms with Gasteiger partial charge in [-0.05, 0) is 37.6 Å². The van der Waals surface area contributed by atoms with Crippen molar-refractivity contribution in [3.8, 4) is 0 Å². The van der Waals surface area contributed by atoms with Gasteiger partial charge < -0.3 is 5.32 Å². The SMILES string of the molecule is Cc1cncc(NCc2ccc(C)s2)c1. The third kappa shape index (κ3) is 2.80. The molecule has 0 atom stereocenters. The van der Waals surface area contributed by atoms with Crippen LogP contribution in [0.15, 0.2) is 30.6 Å². The molecule has 0 saturated carbocycles. The van der Waals surface area contributed by atoms with Gasteiger partial charge >= 0.3 is 0 Å². The Morgan fingerprint density at radius 2 is 2.13 bits per heavy atom. The summed E-state index contributed by atoms with van der Waals surface area (Å²) in [4.78, 5) is 6.85. The Morgan fingerprint density at radius 3 is 2.80 bits per heavy atom. The van der Waals surface area contributed by atoms with Crippen molar-refractivity contribution in [1.29, 1.82) is 0 Å². The van der Waals surface area contributed by atoms with Crippen molar-refractivity contribution >= 4 is 17.0 Å². The van der Waals surface area contributed by atoms with Gasteiger partial charge in [-0.2, -0.15) is 0 Å². The maximum atomic E-state index is 4.14. The highest BCUT2D eigenvalue weighted by molar-refractivity contribution is 7.11. The van der Waals surface area contributed by atoms with E-state index < -0.39 is 0 Å². The van der Waals surface area contributed by atoms with Crippen LogP contribution in [0.1, 0.15) is 15.3 Å². The molecule has 0 spiro atoms. The van der Waals surface area contributed by atoms with E-state index in [2.05, 4.69) is 35.4 Å². The third-order valence-electron chi connectivity index (χ3n) is 2.14. The molecule has 1 N–H and O–H groups in total. The number of rotatable bonds is 3. The molecule has 3 heteroatoms. The van der Waals surface area contributed by atoms with E-state index in [1.807, 2.05) is 30.7 Å². The van der Waals surface area contributed by atoms with Crippen LogP contribution in [-0.4, -0.2) is 4.98 Å². The second-order valence-corrected chi connectivity index (χ2v) is 4.99. The van der Waals surface area contributed by atoms with Crippen LogP contribution in [0.2, 0.25) is 0 Å². The Morgan fingerprint density at radius 1 is 1.27 bits per heavy atom. The molecule has 0 aliphatic rings. The first kappa shape index (κ1) is 10.2. The van der Waals surface area contributed by atoms with Gasteiger partial charge in [-0.3, -0.25) is 4.98 Å². The molecule has 0 bridgehead atoms. The van der Waals surface area contributed by atoms with E-state index in [1.54, 1.807) is 0 Å². The summed E-state index contributed by atoms with van der Waals surface area (Å²) in [5, 5.41) is 3.36. The van der Waals surface area contributed by atoms with Crippen LogP contribution in [-0.2, 0) is 6.54 Å². The smallest absolute Gasteiger partial charge is 0.0532 e. The lowest BCUT2D eigenvalue weighted by atomic mass is 10.3. The first-order chi connectivity index (χ1) is 7.24. The quantitative estimate of drug-likeness (QED) is 0.854. The highest BCUT2D eigenvalue weighted by atomic mass is 32.1. The van der Waals surface area contributed by atoms with E-state index in [-0.39, 0.29) is 0 Å². The summed E-state index contributed by atoms with van der Waals surface area (Å²) in [6, 6.07) is 6.42. The summed E-state index contributed by atoms with van der Waals surface area (Å²) in [6.07, 6.45) is 3.72. The summed E-state index contributed by atoms with van der Waals surface area (Å²) in [6.45, 7) is 5.06. The van der Waals surface area contributed by atoms with Gasteiger partial charge in [0, 0.05) is 28.7 Å². The molecule has 0 radical (unpaired) electrons. The minimum Gasteiger partial charge on any atom is -0.379 e. The van der Waals surface area contributed by atoms with Gasteiger partial charge in [0.1, 0.15) is 0 Å². The van der Waals surface area contributed by atoms with Crippen LogP contribution in [0.25, 0.3) is 0 Å². The molecule has 2 heterocycles. The first-order valence-electron chi connectivity index (χ1n) is 4.95. The predicted molar refractivity (Wildman–Crippen MR) is 65.4 cm³/mol. The van der Waals surface area contributed by atoms with Crippen molar-refractivity contribution < 1.29 is 0 Å². The van der Waals surface area contributed by atoms with Crippen LogP contribution >= 0.6 is 11.3 Å². The number of nitrogens with zero attached hydrogens (tertiary/aromatic N) is 1. The van der Waals surface area contributed by atoms with Crippen molar-refractivity contribution in [2.24, 2.45) is 0 Å². The molecule has 0 saturated heterocycles. The molecule has 2 aromatic rings. The molecule has 2 rings (SSSR count). The average molecular weight is 218 g/mol. The van der Waals surface area contributed by atoms with Gasteiger partial charge in [0.25, 0.3) is 0 Å². The monoisotopic (exact) mass is 218 g/mol. The number of hydrogen-bond donors (Lipinski definition) is 1. The number of nitrogens with one attached hydrogen (secondary N) is 1. The largest absolute Gasteiger partial charge is 0.379 e. The van der Waals surface area contributed by atoms with Crippen molar-refractivity contribution in [2.45, 2.75) is 20.4 Å². The lowest BCUT2D eigenvalue weighted by molar-refractivity contribution is 1.16. The summed E-state index contributed by atoms with van der Waals surface area (Å²) in [5.74, 6) is 0. The summed E-state index contributed by atoms with van der Waals surface area (Å²) < 4.78 is 0. The van der Waals surface area contributed by atoms with Crippen molar-refractivity contribution in [1.82, 2.24) is 4.98 Å². The van der Waals surface area contributed by atoms with E-state index in [1.165, 1.54) is 15.3 Å². The Kier molecular flexibility index (Phi) is 3.02.